The number of ether oxygens (including phenoxy) is 1. The first-order valence-electron chi connectivity index (χ1n) is 8.58. The van der Waals surface area contributed by atoms with Crippen LogP contribution in [0, 0.1) is 5.82 Å². The predicted molar refractivity (Wildman–Crippen MR) is 94.7 cm³/mol. The maximum Gasteiger partial charge on any atom is 0.244 e. The van der Waals surface area contributed by atoms with Crippen LogP contribution in [0.3, 0.4) is 0 Å². The molecule has 1 unspecified atom stereocenters. The number of carbonyl (C=O) groups is 1. The predicted octanol–water partition coefficient (Wildman–Crippen LogP) is 2.55. The lowest BCUT2D eigenvalue weighted by atomic mass is 10.0. The van der Waals surface area contributed by atoms with Crippen LogP contribution in [-0.4, -0.2) is 66.6 Å². The maximum absolute atomic E-state index is 13.7. The highest BCUT2D eigenvalue weighted by Gasteiger charge is 2.34. The molecular weight excluding hydrogens is 327 g/mol. The standard InChI is InChI=1S/C18H25FN2O2S/c1-24-16-5-7-21(8-6-16)18(22)17(20-9-11-23-12-10-20)14-3-2-4-15(19)13-14/h2-4,13,16-17H,5-12H2,1H3. The molecular formula is C18H25FN2O2S. The van der Waals surface area contributed by atoms with E-state index in [0.717, 1.165) is 31.5 Å². The lowest BCUT2D eigenvalue weighted by Gasteiger charge is -2.39. The van der Waals surface area contributed by atoms with Gasteiger partial charge in [0, 0.05) is 31.4 Å². The Labute approximate surface area is 147 Å². The molecule has 2 fully saturated rings. The molecule has 0 radical (unpaired) electrons. The Kier molecular flexibility index (Phi) is 6.14. The van der Waals surface area contributed by atoms with Gasteiger partial charge in [-0.15, -0.1) is 0 Å². The summed E-state index contributed by atoms with van der Waals surface area (Å²) in [6.07, 6.45) is 4.20. The molecule has 1 amide bonds. The molecule has 0 N–H and O–H groups in total. The van der Waals surface area contributed by atoms with Crippen LogP contribution in [0.25, 0.3) is 0 Å². The average molecular weight is 352 g/mol. The number of hydrogen-bond acceptors (Lipinski definition) is 4. The molecule has 0 saturated carbocycles. The quantitative estimate of drug-likeness (QED) is 0.834. The third-order valence-corrected chi connectivity index (χ3v) is 6.03. The fourth-order valence-electron chi connectivity index (χ4n) is 3.51. The van der Waals surface area contributed by atoms with Crippen LogP contribution in [0.15, 0.2) is 24.3 Å². The van der Waals surface area contributed by atoms with Gasteiger partial charge in [0.1, 0.15) is 11.9 Å². The summed E-state index contributed by atoms with van der Waals surface area (Å²) in [6, 6.07) is 6.05. The molecule has 4 nitrogen and oxygen atoms in total. The van der Waals surface area contributed by atoms with E-state index in [1.54, 1.807) is 6.07 Å². The number of piperidine rings is 1. The Morgan fingerprint density at radius 1 is 1.25 bits per heavy atom. The van der Waals surface area contributed by atoms with Gasteiger partial charge in [-0.2, -0.15) is 11.8 Å². The number of rotatable bonds is 4. The number of likely N-dealkylation sites (tertiary alicyclic amines) is 1. The van der Waals surface area contributed by atoms with Crippen LogP contribution in [0.2, 0.25) is 0 Å². The summed E-state index contributed by atoms with van der Waals surface area (Å²) in [5.41, 5.74) is 0.744. The molecule has 2 heterocycles. The third-order valence-electron chi connectivity index (χ3n) is 4.90. The summed E-state index contributed by atoms with van der Waals surface area (Å²) < 4.78 is 19.1. The first-order chi connectivity index (χ1) is 11.7. The van der Waals surface area contributed by atoms with E-state index < -0.39 is 6.04 Å². The summed E-state index contributed by atoms with van der Waals surface area (Å²) in [4.78, 5) is 17.3. The molecule has 3 rings (SSSR count). The van der Waals surface area contributed by atoms with Crippen LogP contribution in [0.1, 0.15) is 24.4 Å². The second-order valence-electron chi connectivity index (χ2n) is 6.37. The minimum absolute atomic E-state index is 0.0991. The van der Waals surface area contributed by atoms with E-state index in [1.807, 2.05) is 22.7 Å². The zero-order valence-corrected chi connectivity index (χ0v) is 14.9. The minimum atomic E-state index is -0.407. The highest BCUT2D eigenvalue weighted by Crippen LogP contribution is 2.28. The Morgan fingerprint density at radius 3 is 2.58 bits per heavy atom. The largest absolute Gasteiger partial charge is 0.379 e. The molecule has 1 aromatic rings. The van der Waals surface area contributed by atoms with Gasteiger partial charge in [0.2, 0.25) is 5.91 Å². The SMILES string of the molecule is CSC1CCN(C(=O)C(c2cccc(F)c2)N2CCOCC2)CC1. The van der Waals surface area contributed by atoms with Gasteiger partial charge in [0.25, 0.3) is 0 Å². The Balaban J connectivity index is 1.80. The van der Waals surface area contributed by atoms with Gasteiger partial charge in [-0.05, 0) is 36.8 Å². The van der Waals surface area contributed by atoms with Crippen molar-refractivity contribution >= 4 is 17.7 Å². The lowest BCUT2D eigenvalue weighted by molar-refractivity contribution is -0.140. The smallest absolute Gasteiger partial charge is 0.244 e. The van der Waals surface area contributed by atoms with Crippen molar-refractivity contribution in [1.82, 2.24) is 9.80 Å². The zero-order valence-electron chi connectivity index (χ0n) is 14.1. The minimum Gasteiger partial charge on any atom is -0.379 e. The summed E-state index contributed by atoms with van der Waals surface area (Å²) in [5.74, 6) is -0.193. The Morgan fingerprint density at radius 2 is 1.96 bits per heavy atom. The van der Waals surface area contributed by atoms with E-state index in [9.17, 15) is 9.18 Å². The van der Waals surface area contributed by atoms with E-state index >= 15 is 0 Å². The molecule has 132 valence electrons. The average Bonchev–Trinajstić information content (AvgIpc) is 2.63. The van der Waals surface area contributed by atoms with Crippen molar-refractivity contribution < 1.29 is 13.9 Å². The van der Waals surface area contributed by atoms with Crippen molar-refractivity contribution in [3.63, 3.8) is 0 Å². The molecule has 1 aromatic carbocycles. The highest BCUT2D eigenvalue weighted by atomic mass is 32.2. The molecule has 0 aromatic heterocycles. The number of benzene rings is 1. The second-order valence-corrected chi connectivity index (χ2v) is 7.50. The zero-order chi connectivity index (χ0) is 16.9. The number of thioether (sulfide) groups is 1. The molecule has 1 atom stereocenters. The molecule has 24 heavy (non-hydrogen) atoms. The third kappa shape index (κ3) is 4.10. The molecule has 6 heteroatoms. The number of morpholine rings is 1. The van der Waals surface area contributed by atoms with Gasteiger partial charge < -0.3 is 9.64 Å². The van der Waals surface area contributed by atoms with Crippen molar-refractivity contribution in [2.24, 2.45) is 0 Å². The van der Waals surface area contributed by atoms with E-state index in [4.69, 9.17) is 4.74 Å². The summed E-state index contributed by atoms with van der Waals surface area (Å²) in [7, 11) is 0. The summed E-state index contributed by atoms with van der Waals surface area (Å²) in [5, 5.41) is 0.644. The first-order valence-corrected chi connectivity index (χ1v) is 9.86. The van der Waals surface area contributed by atoms with Crippen molar-refractivity contribution in [2.45, 2.75) is 24.1 Å². The van der Waals surface area contributed by atoms with E-state index in [2.05, 4.69) is 11.2 Å². The van der Waals surface area contributed by atoms with Gasteiger partial charge in [0.15, 0.2) is 0 Å². The monoisotopic (exact) mass is 352 g/mol. The van der Waals surface area contributed by atoms with Crippen LogP contribution in [0.5, 0.6) is 0 Å². The van der Waals surface area contributed by atoms with Crippen molar-refractivity contribution in [3.05, 3.63) is 35.6 Å². The number of nitrogens with zero attached hydrogens (tertiary/aromatic N) is 2. The van der Waals surface area contributed by atoms with E-state index in [0.29, 0.717) is 31.6 Å². The van der Waals surface area contributed by atoms with E-state index in [-0.39, 0.29) is 11.7 Å². The molecule has 2 aliphatic rings. The van der Waals surface area contributed by atoms with Gasteiger partial charge in [-0.25, -0.2) is 4.39 Å². The van der Waals surface area contributed by atoms with Gasteiger partial charge in [-0.1, -0.05) is 12.1 Å². The van der Waals surface area contributed by atoms with Crippen LogP contribution in [-0.2, 0) is 9.53 Å². The number of carbonyl (C=O) groups excluding carboxylic acids is 1. The fraction of sp³-hybridized carbons (Fsp3) is 0.611. The molecule has 0 bridgehead atoms. The molecule has 0 spiro atoms. The van der Waals surface area contributed by atoms with Crippen molar-refractivity contribution in [3.8, 4) is 0 Å². The summed E-state index contributed by atoms with van der Waals surface area (Å²) in [6.45, 7) is 4.23. The van der Waals surface area contributed by atoms with Gasteiger partial charge in [0.05, 0.1) is 13.2 Å². The highest BCUT2D eigenvalue weighted by molar-refractivity contribution is 7.99. The van der Waals surface area contributed by atoms with Gasteiger partial charge in [-0.3, -0.25) is 9.69 Å². The number of hydrogen-bond donors (Lipinski definition) is 0. The second kappa shape index (κ2) is 8.32. The summed E-state index contributed by atoms with van der Waals surface area (Å²) >= 11 is 1.88. The number of halogens is 1. The molecule has 2 aliphatic heterocycles. The maximum atomic E-state index is 13.7. The molecule has 0 aliphatic carbocycles. The van der Waals surface area contributed by atoms with Crippen LogP contribution >= 0.6 is 11.8 Å². The fourth-order valence-corrected chi connectivity index (χ4v) is 4.19. The first kappa shape index (κ1) is 17.7. The van der Waals surface area contributed by atoms with Crippen molar-refractivity contribution in [1.29, 1.82) is 0 Å². The normalized spacial score (nSPS) is 21.7. The topological polar surface area (TPSA) is 32.8 Å². The Bertz CT molecular complexity index is 558. The van der Waals surface area contributed by atoms with Crippen LogP contribution in [0.4, 0.5) is 4.39 Å². The van der Waals surface area contributed by atoms with Crippen LogP contribution < -0.4 is 0 Å². The van der Waals surface area contributed by atoms with Gasteiger partial charge >= 0.3 is 0 Å². The molecule has 2 saturated heterocycles. The lowest BCUT2D eigenvalue weighted by Crippen LogP contribution is -2.49. The van der Waals surface area contributed by atoms with E-state index in [1.165, 1.54) is 12.1 Å². The number of amides is 1. The van der Waals surface area contributed by atoms with Crippen molar-refractivity contribution in [2.75, 3.05) is 45.6 Å². The Hall–Kier alpha value is -1.11.